The fraction of sp³-hybridized carbons (Fsp3) is 0.417. The first-order chi connectivity index (χ1) is 17.8. The third kappa shape index (κ3) is 6.49. The van der Waals surface area contributed by atoms with Crippen LogP contribution in [0.4, 0.5) is 30.7 Å². The lowest BCUT2D eigenvalue weighted by Gasteiger charge is -2.41. The van der Waals surface area contributed by atoms with Gasteiger partial charge in [-0.2, -0.15) is 31.4 Å². The Morgan fingerprint density at radius 3 is 2.21 bits per heavy atom. The number of rotatable bonds is 7. The van der Waals surface area contributed by atoms with E-state index in [2.05, 4.69) is 10.1 Å². The fourth-order valence-corrected chi connectivity index (χ4v) is 4.20. The molecule has 0 unspecified atom stereocenters. The predicted molar refractivity (Wildman–Crippen MR) is 118 cm³/mol. The molecule has 206 valence electrons. The number of aryl methyl sites for hydroxylation is 1. The zero-order valence-corrected chi connectivity index (χ0v) is 19.9. The van der Waals surface area contributed by atoms with Crippen molar-refractivity contribution in [3.05, 3.63) is 82.7 Å². The highest BCUT2D eigenvalue weighted by molar-refractivity contribution is 5.35. The minimum atomic E-state index is -5.07. The summed E-state index contributed by atoms with van der Waals surface area (Å²) in [7, 11) is 1.68. The van der Waals surface area contributed by atoms with Gasteiger partial charge < -0.3 is 14.6 Å². The molecule has 1 aliphatic rings. The van der Waals surface area contributed by atoms with Crippen LogP contribution in [0.15, 0.2) is 48.8 Å². The number of benzene rings is 2. The lowest BCUT2D eigenvalue weighted by Crippen LogP contribution is -2.46. The lowest BCUT2D eigenvalue weighted by molar-refractivity contribution is -0.238. The molecule has 1 saturated heterocycles. The first-order valence-electron chi connectivity index (χ1n) is 11.4. The van der Waals surface area contributed by atoms with Gasteiger partial charge in [0.2, 0.25) is 0 Å². The van der Waals surface area contributed by atoms with Crippen LogP contribution in [0, 0.1) is 5.82 Å². The standard InChI is InChI=1S/C24H23F7N4O3/c1-34-13-32-20(33-34)11-35-6-7-37-22(21(35)14-2-4-18(25)5-3-14)38-19(12-36)15-8-16(23(26,27)28)10-17(9-15)24(29,30)31/h2-5,8-10,13,19,21-22,36H,6-7,11-12H2,1H3/t19-,21+,22-/m1/s1. The van der Waals surface area contributed by atoms with Crippen LogP contribution >= 0.6 is 0 Å². The van der Waals surface area contributed by atoms with Crippen LogP contribution in [-0.4, -0.2) is 50.8 Å². The lowest BCUT2D eigenvalue weighted by atomic mass is 10.00. The number of morpholine rings is 1. The van der Waals surface area contributed by atoms with Crippen LogP contribution < -0.4 is 0 Å². The monoisotopic (exact) mass is 548 g/mol. The summed E-state index contributed by atoms with van der Waals surface area (Å²) >= 11 is 0. The molecule has 14 heteroatoms. The number of halogens is 7. The summed E-state index contributed by atoms with van der Waals surface area (Å²) in [5.41, 5.74) is -3.10. The molecule has 4 rings (SSSR count). The summed E-state index contributed by atoms with van der Waals surface area (Å²) < 4.78 is 107. The number of ether oxygens (including phenoxy) is 2. The Balaban J connectivity index is 1.69. The highest BCUT2D eigenvalue weighted by atomic mass is 19.4. The van der Waals surface area contributed by atoms with Gasteiger partial charge in [-0.1, -0.05) is 12.1 Å². The topological polar surface area (TPSA) is 72.6 Å². The van der Waals surface area contributed by atoms with Gasteiger partial charge in [0.25, 0.3) is 0 Å². The molecule has 1 fully saturated rings. The maximum Gasteiger partial charge on any atom is 0.416 e. The van der Waals surface area contributed by atoms with Gasteiger partial charge in [0, 0.05) is 13.6 Å². The van der Waals surface area contributed by atoms with Crippen molar-refractivity contribution in [1.82, 2.24) is 19.7 Å². The van der Waals surface area contributed by atoms with E-state index in [1.807, 2.05) is 4.90 Å². The Morgan fingerprint density at radius 2 is 1.68 bits per heavy atom. The van der Waals surface area contributed by atoms with Crippen molar-refractivity contribution in [2.24, 2.45) is 7.05 Å². The molecule has 1 aliphatic heterocycles. The van der Waals surface area contributed by atoms with Crippen molar-refractivity contribution in [1.29, 1.82) is 0 Å². The zero-order valence-electron chi connectivity index (χ0n) is 19.9. The molecule has 0 spiro atoms. The molecule has 0 radical (unpaired) electrons. The van der Waals surface area contributed by atoms with Gasteiger partial charge in [-0.3, -0.25) is 9.58 Å². The highest BCUT2D eigenvalue weighted by Crippen LogP contribution is 2.39. The number of aromatic nitrogens is 3. The molecule has 3 atom stereocenters. The van der Waals surface area contributed by atoms with Gasteiger partial charge in [-0.05, 0) is 41.5 Å². The molecule has 2 aromatic carbocycles. The van der Waals surface area contributed by atoms with E-state index < -0.39 is 59.9 Å². The van der Waals surface area contributed by atoms with E-state index >= 15 is 0 Å². The van der Waals surface area contributed by atoms with Crippen molar-refractivity contribution in [3.63, 3.8) is 0 Å². The smallest absolute Gasteiger partial charge is 0.393 e. The number of hydrogen-bond donors (Lipinski definition) is 1. The van der Waals surface area contributed by atoms with Crippen LogP contribution in [0.5, 0.6) is 0 Å². The zero-order chi connectivity index (χ0) is 27.7. The van der Waals surface area contributed by atoms with Crippen molar-refractivity contribution >= 4 is 0 Å². The van der Waals surface area contributed by atoms with Crippen LogP contribution in [0.3, 0.4) is 0 Å². The number of hydrogen-bond acceptors (Lipinski definition) is 6. The number of aliphatic hydroxyl groups excluding tert-OH is 1. The highest BCUT2D eigenvalue weighted by Gasteiger charge is 2.40. The van der Waals surface area contributed by atoms with E-state index in [0.29, 0.717) is 30.1 Å². The van der Waals surface area contributed by atoms with Crippen LogP contribution in [0.1, 0.15) is 40.2 Å². The van der Waals surface area contributed by atoms with Crippen molar-refractivity contribution < 1.29 is 45.3 Å². The van der Waals surface area contributed by atoms with Crippen molar-refractivity contribution in [2.75, 3.05) is 19.8 Å². The van der Waals surface area contributed by atoms with Crippen LogP contribution in [-0.2, 0) is 35.4 Å². The largest absolute Gasteiger partial charge is 0.416 e. The molecule has 3 aromatic rings. The summed E-state index contributed by atoms with van der Waals surface area (Å²) in [5.74, 6) is -0.0792. The quantitative estimate of drug-likeness (QED) is 0.434. The van der Waals surface area contributed by atoms with Gasteiger partial charge in [-0.25, -0.2) is 9.37 Å². The van der Waals surface area contributed by atoms with Crippen LogP contribution in [0.2, 0.25) is 0 Å². The van der Waals surface area contributed by atoms with Gasteiger partial charge in [0.05, 0.1) is 36.9 Å². The minimum absolute atomic E-state index is 0.00203. The van der Waals surface area contributed by atoms with E-state index in [0.717, 1.165) is 0 Å². The third-order valence-corrected chi connectivity index (χ3v) is 5.96. The molecule has 0 aliphatic carbocycles. The summed E-state index contributed by atoms with van der Waals surface area (Å²) in [6, 6.07) is 5.54. The molecular weight excluding hydrogens is 525 g/mol. The molecule has 38 heavy (non-hydrogen) atoms. The summed E-state index contributed by atoms with van der Waals surface area (Å²) in [6.07, 6.45) is -11.5. The Bertz CT molecular complexity index is 1200. The Labute approximate surface area is 212 Å². The Hall–Kier alpha value is -3.07. The summed E-state index contributed by atoms with van der Waals surface area (Å²) in [5, 5.41) is 14.2. The van der Waals surface area contributed by atoms with E-state index in [-0.39, 0.29) is 19.2 Å². The molecule has 0 bridgehead atoms. The summed E-state index contributed by atoms with van der Waals surface area (Å²) in [4.78, 5) is 6.01. The maximum absolute atomic E-state index is 13.6. The van der Waals surface area contributed by atoms with Gasteiger partial charge >= 0.3 is 12.4 Å². The predicted octanol–water partition coefficient (Wildman–Crippen LogP) is 4.64. The van der Waals surface area contributed by atoms with E-state index in [4.69, 9.17) is 9.47 Å². The third-order valence-electron chi connectivity index (χ3n) is 5.96. The second-order valence-corrected chi connectivity index (χ2v) is 8.69. The molecule has 0 amide bonds. The first-order valence-corrected chi connectivity index (χ1v) is 11.4. The maximum atomic E-state index is 13.6. The number of alkyl halides is 6. The van der Waals surface area contributed by atoms with Gasteiger partial charge in [-0.15, -0.1) is 0 Å². The average Bonchev–Trinajstić information content (AvgIpc) is 3.26. The van der Waals surface area contributed by atoms with E-state index in [1.165, 1.54) is 35.3 Å². The second kappa shape index (κ2) is 11.0. The molecular formula is C24H23F7N4O3. The summed E-state index contributed by atoms with van der Waals surface area (Å²) in [6.45, 7) is -0.316. The first kappa shape index (κ1) is 28.0. The molecule has 0 saturated carbocycles. The van der Waals surface area contributed by atoms with E-state index in [1.54, 1.807) is 7.05 Å². The molecule has 1 aromatic heterocycles. The second-order valence-electron chi connectivity index (χ2n) is 8.69. The Kier molecular flexibility index (Phi) is 8.06. The van der Waals surface area contributed by atoms with Crippen molar-refractivity contribution in [2.45, 2.75) is 37.3 Å². The van der Waals surface area contributed by atoms with Gasteiger partial charge in [0.1, 0.15) is 18.2 Å². The Morgan fingerprint density at radius 1 is 1.05 bits per heavy atom. The normalized spacial score (nSPS) is 20.0. The average molecular weight is 548 g/mol. The molecule has 2 heterocycles. The molecule has 1 N–H and O–H groups in total. The SMILES string of the molecule is Cn1cnc(CN2CCO[C@H](O[C@H](CO)c3cc(C(F)(F)F)cc(C(F)(F)F)c3)[C@@H]2c2ccc(F)cc2)n1. The molecule has 7 nitrogen and oxygen atoms in total. The minimum Gasteiger partial charge on any atom is -0.393 e. The van der Waals surface area contributed by atoms with Crippen LogP contribution in [0.25, 0.3) is 0 Å². The van der Waals surface area contributed by atoms with Gasteiger partial charge in [0.15, 0.2) is 12.1 Å². The number of nitrogens with zero attached hydrogens (tertiary/aromatic N) is 4. The van der Waals surface area contributed by atoms with E-state index in [9.17, 15) is 35.8 Å². The van der Waals surface area contributed by atoms with Crippen molar-refractivity contribution in [3.8, 4) is 0 Å². The fourth-order valence-electron chi connectivity index (χ4n) is 4.20. The number of aliphatic hydroxyl groups is 1.